The van der Waals surface area contributed by atoms with Crippen LogP contribution in [0.25, 0.3) is 0 Å². The molecule has 1 aliphatic rings. The van der Waals surface area contributed by atoms with Crippen molar-refractivity contribution in [3.05, 3.63) is 29.8 Å². The van der Waals surface area contributed by atoms with Gasteiger partial charge in [0, 0.05) is 11.6 Å². The molecular formula is C14H17NO5S. The number of nitrogens with zero attached hydrogens (tertiary/aromatic N) is 1. The third-order valence-corrected chi connectivity index (χ3v) is 5.11. The van der Waals surface area contributed by atoms with Crippen LogP contribution in [0.2, 0.25) is 0 Å². The second-order valence-electron chi connectivity index (χ2n) is 4.99. The molecule has 1 aliphatic carbocycles. The van der Waals surface area contributed by atoms with Crippen LogP contribution in [0, 0.1) is 0 Å². The minimum atomic E-state index is -3.39. The SMILES string of the molecule is CCS(=O)(=O)c1cccc(C(=O)N(CC(=O)O)C2CC2)c1. The van der Waals surface area contributed by atoms with Crippen LogP contribution in [0.3, 0.4) is 0 Å². The number of amides is 1. The van der Waals surface area contributed by atoms with Crippen molar-refractivity contribution in [3.8, 4) is 0 Å². The van der Waals surface area contributed by atoms with Gasteiger partial charge in [-0.3, -0.25) is 9.59 Å². The number of carbonyl (C=O) groups is 2. The van der Waals surface area contributed by atoms with Gasteiger partial charge < -0.3 is 10.0 Å². The average molecular weight is 311 g/mol. The molecule has 0 aliphatic heterocycles. The molecule has 0 heterocycles. The predicted octanol–water partition coefficient (Wildman–Crippen LogP) is 1.17. The summed E-state index contributed by atoms with van der Waals surface area (Å²) < 4.78 is 23.7. The van der Waals surface area contributed by atoms with Crippen molar-refractivity contribution in [2.75, 3.05) is 12.3 Å². The van der Waals surface area contributed by atoms with Crippen molar-refractivity contribution in [1.82, 2.24) is 4.90 Å². The molecule has 0 bridgehead atoms. The first-order valence-electron chi connectivity index (χ1n) is 6.70. The molecule has 0 spiro atoms. The van der Waals surface area contributed by atoms with E-state index >= 15 is 0 Å². The van der Waals surface area contributed by atoms with Crippen LogP contribution in [0.5, 0.6) is 0 Å². The molecule has 2 rings (SSSR count). The molecule has 7 heteroatoms. The van der Waals surface area contributed by atoms with Crippen LogP contribution < -0.4 is 0 Å². The Morgan fingerprint density at radius 3 is 2.52 bits per heavy atom. The topological polar surface area (TPSA) is 91.8 Å². The van der Waals surface area contributed by atoms with Crippen molar-refractivity contribution >= 4 is 21.7 Å². The number of rotatable bonds is 6. The first kappa shape index (κ1) is 15.5. The fraction of sp³-hybridized carbons (Fsp3) is 0.429. The zero-order valence-corrected chi connectivity index (χ0v) is 12.5. The zero-order chi connectivity index (χ0) is 15.6. The molecule has 21 heavy (non-hydrogen) atoms. The Balaban J connectivity index is 2.30. The quantitative estimate of drug-likeness (QED) is 0.851. The number of carboxylic acids is 1. The van der Waals surface area contributed by atoms with Crippen molar-refractivity contribution < 1.29 is 23.1 Å². The number of sulfone groups is 1. The number of hydrogen-bond acceptors (Lipinski definition) is 4. The van der Waals surface area contributed by atoms with Gasteiger partial charge >= 0.3 is 5.97 Å². The lowest BCUT2D eigenvalue weighted by Crippen LogP contribution is -2.37. The molecule has 0 atom stereocenters. The Labute approximate surface area is 123 Å². The van der Waals surface area contributed by atoms with E-state index in [1.165, 1.54) is 36.1 Å². The van der Waals surface area contributed by atoms with Gasteiger partial charge in [-0.15, -0.1) is 0 Å². The lowest BCUT2D eigenvalue weighted by molar-refractivity contribution is -0.137. The van der Waals surface area contributed by atoms with Crippen LogP contribution in [0.1, 0.15) is 30.1 Å². The van der Waals surface area contributed by atoms with E-state index in [1.807, 2.05) is 0 Å². The minimum Gasteiger partial charge on any atom is -0.480 e. The summed E-state index contributed by atoms with van der Waals surface area (Å²) in [6, 6.07) is 5.71. The summed E-state index contributed by atoms with van der Waals surface area (Å²) >= 11 is 0. The Bertz CT molecular complexity index is 664. The Kier molecular flexibility index (Phi) is 4.32. The normalized spacial score (nSPS) is 14.7. The van der Waals surface area contributed by atoms with Crippen molar-refractivity contribution in [2.24, 2.45) is 0 Å². The summed E-state index contributed by atoms with van der Waals surface area (Å²) in [5.74, 6) is -1.56. The molecule has 1 saturated carbocycles. The fourth-order valence-electron chi connectivity index (χ4n) is 2.05. The van der Waals surface area contributed by atoms with Gasteiger partial charge in [0.25, 0.3) is 5.91 Å². The monoisotopic (exact) mass is 311 g/mol. The van der Waals surface area contributed by atoms with Crippen molar-refractivity contribution in [2.45, 2.75) is 30.7 Å². The third-order valence-electron chi connectivity index (χ3n) is 3.37. The fourth-order valence-corrected chi connectivity index (χ4v) is 2.98. The second kappa shape index (κ2) is 5.85. The summed E-state index contributed by atoms with van der Waals surface area (Å²) in [5, 5.41) is 8.89. The lowest BCUT2D eigenvalue weighted by atomic mass is 10.2. The highest BCUT2D eigenvalue weighted by Gasteiger charge is 2.34. The van der Waals surface area contributed by atoms with Gasteiger partial charge in [0.1, 0.15) is 6.54 Å². The largest absolute Gasteiger partial charge is 0.480 e. The Hall–Kier alpha value is -1.89. The standard InChI is InChI=1S/C14H17NO5S/c1-2-21(19,20)12-5-3-4-10(8-12)14(18)15(9-13(16)17)11-6-7-11/h3-5,8,11H,2,6-7,9H2,1H3,(H,16,17). The van der Waals surface area contributed by atoms with Crippen LogP contribution >= 0.6 is 0 Å². The number of carboxylic acid groups (broad SMARTS) is 1. The summed E-state index contributed by atoms with van der Waals surface area (Å²) in [4.78, 5) is 24.6. The smallest absolute Gasteiger partial charge is 0.323 e. The minimum absolute atomic E-state index is 0.0495. The molecule has 1 amide bonds. The zero-order valence-electron chi connectivity index (χ0n) is 11.7. The van der Waals surface area contributed by atoms with E-state index in [0.29, 0.717) is 0 Å². The summed E-state index contributed by atoms with van der Waals surface area (Å²) in [6.07, 6.45) is 1.57. The van der Waals surface area contributed by atoms with Gasteiger partial charge in [-0.05, 0) is 31.0 Å². The molecule has 1 N–H and O–H groups in total. The van der Waals surface area contributed by atoms with Crippen molar-refractivity contribution in [1.29, 1.82) is 0 Å². The summed E-state index contributed by atoms with van der Waals surface area (Å²) in [6.45, 7) is 1.17. The molecule has 0 aromatic heterocycles. The first-order chi connectivity index (χ1) is 9.85. The molecule has 1 aromatic rings. The van der Waals surface area contributed by atoms with Crippen LogP contribution in [0.15, 0.2) is 29.2 Å². The Morgan fingerprint density at radius 1 is 1.33 bits per heavy atom. The van der Waals surface area contributed by atoms with E-state index in [0.717, 1.165) is 12.8 Å². The maximum Gasteiger partial charge on any atom is 0.323 e. The molecule has 6 nitrogen and oxygen atoms in total. The van der Waals surface area contributed by atoms with E-state index in [2.05, 4.69) is 0 Å². The maximum atomic E-state index is 12.4. The van der Waals surface area contributed by atoms with E-state index in [9.17, 15) is 18.0 Å². The van der Waals surface area contributed by atoms with Gasteiger partial charge in [-0.2, -0.15) is 0 Å². The van der Waals surface area contributed by atoms with E-state index in [4.69, 9.17) is 5.11 Å². The number of aliphatic carboxylic acids is 1. The van der Waals surface area contributed by atoms with Crippen LogP contribution in [-0.2, 0) is 14.6 Å². The van der Waals surface area contributed by atoms with Gasteiger partial charge in [0.05, 0.1) is 10.6 Å². The summed E-state index contributed by atoms with van der Waals surface area (Å²) in [7, 11) is -3.39. The third kappa shape index (κ3) is 3.60. The molecule has 0 unspecified atom stereocenters. The molecule has 0 saturated heterocycles. The lowest BCUT2D eigenvalue weighted by Gasteiger charge is -2.20. The van der Waals surface area contributed by atoms with Crippen LogP contribution in [0.4, 0.5) is 0 Å². The number of hydrogen-bond donors (Lipinski definition) is 1. The van der Waals surface area contributed by atoms with Gasteiger partial charge in [0.2, 0.25) is 0 Å². The number of benzene rings is 1. The van der Waals surface area contributed by atoms with Crippen LogP contribution in [-0.4, -0.2) is 48.6 Å². The second-order valence-corrected chi connectivity index (χ2v) is 7.27. The molecule has 114 valence electrons. The van der Waals surface area contributed by atoms with Gasteiger partial charge in [-0.25, -0.2) is 8.42 Å². The molecule has 1 aromatic carbocycles. The Morgan fingerprint density at radius 2 is 2.00 bits per heavy atom. The van der Waals surface area contributed by atoms with Gasteiger partial charge in [0.15, 0.2) is 9.84 Å². The van der Waals surface area contributed by atoms with Crippen molar-refractivity contribution in [3.63, 3.8) is 0 Å². The van der Waals surface area contributed by atoms with Gasteiger partial charge in [-0.1, -0.05) is 13.0 Å². The van der Waals surface area contributed by atoms with E-state index in [-0.39, 0.29) is 28.8 Å². The number of carbonyl (C=O) groups excluding carboxylic acids is 1. The average Bonchev–Trinajstić information content (AvgIpc) is 3.28. The maximum absolute atomic E-state index is 12.4. The molecule has 0 radical (unpaired) electrons. The predicted molar refractivity (Wildman–Crippen MR) is 75.9 cm³/mol. The molecular weight excluding hydrogens is 294 g/mol. The highest BCUT2D eigenvalue weighted by Crippen LogP contribution is 2.28. The van der Waals surface area contributed by atoms with E-state index < -0.39 is 21.7 Å². The highest BCUT2D eigenvalue weighted by atomic mass is 32.2. The molecule has 1 fully saturated rings. The van der Waals surface area contributed by atoms with E-state index in [1.54, 1.807) is 0 Å². The summed E-state index contributed by atoms with van der Waals surface area (Å²) in [5.41, 5.74) is 0.206. The first-order valence-corrected chi connectivity index (χ1v) is 8.36. The highest BCUT2D eigenvalue weighted by molar-refractivity contribution is 7.91.